The van der Waals surface area contributed by atoms with Gasteiger partial charge in [-0.25, -0.2) is 9.97 Å². The van der Waals surface area contributed by atoms with Crippen LogP contribution in [0.15, 0.2) is 47.2 Å². The van der Waals surface area contributed by atoms with Crippen molar-refractivity contribution in [3.05, 3.63) is 59.8 Å². The molecule has 3 N–H and O–H groups in total. The van der Waals surface area contributed by atoms with E-state index >= 15 is 0 Å². The van der Waals surface area contributed by atoms with E-state index in [0.717, 1.165) is 25.1 Å². The summed E-state index contributed by atoms with van der Waals surface area (Å²) >= 11 is 0. The van der Waals surface area contributed by atoms with Crippen molar-refractivity contribution in [2.24, 2.45) is 0 Å². The molecule has 2 saturated heterocycles. The first kappa shape index (κ1) is 23.9. The number of halogens is 3. The Morgan fingerprint density at radius 3 is 2.68 bits per heavy atom. The van der Waals surface area contributed by atoms with Crippen molar-refractivity contribution < 1.29 is 27.3 Å². The SMILES string of the molecule is Nc1nc(-c2ccc(C(=O)Nc3cc(C(F)(F)F)no3)cc2)cn2c([C@@H]3CC[C@H]4CCC(=O)N4C3)ncc12. The highest BCUT2D eigenvalue weighted by atomic mass is 19.4. The lowest BCUT2D eigenvalue weighted by molar-refractivity contribution is -0.142. The third kappa shape index (κ3) is 4.23. The maximum atomic E-state index is 12.7. The minimum atomic E-state index is -4.68. The number of anilines is 2. The molecule has 13 heteroatoms. The van der Waals surface area contributed by atoms with Gasteiger partial charge in [0.15, 0.2) is 5.69 Å². The van der Waals surface area contributed by atoms with Crippen LogP contribution < -0.4 is 11.1 Å². The Morgan fingerprint density at radius 1 is 1.16 bits per heavy atom. The summed E-state index contributed by atoms with van der Waals surface area (Å²) in [4.78, 5) is 35.8. The normalized spacial score (nSPS) is 19.7. The van der Waals surface area contributed by atoms with Crippen LogP contribution in [0.4, 0.5) is 24.9 Å². The van der Waals surface area contributed by atoms with E-state index in [2.05, 4.69) is 25.0 Å². The Hall–Kier alpha value is -4.42. The zero-order valence-corrected chi connectivity index (χ0v) is 19.9. The first-order valence-corrected chi connectivity index (χ1v) is 12.1. The molecule has 2 aliphatic heterocycles. The number of benzene rings is 1. The predicted octanol–water partition coefficient (Wildman–Crippen LogP) is 4.11. The van der Waals surface area contributed by atoms with Crippen molar-refractivity contribution in [3.63, 3.8) is 0 Å². The largest absolute Gasteiger partial charge is 0.436 e. The van der Waals surface area contributed by atoms with Gasteiger partial charge in [-0.3, -0.25) is 19.3 Å². The zero-order chi connectivity index (χ0) is 26.6. The summed E-state index contributed by atoms with van der Waals surface area (Å²) in [6.45, 7) is 0.625. The molecule has 2 fully saturated rings. The van der Waals surface area contributed by atoms with E-state index in [1.807, 2.05) is 15.5 Å². The lowest BCUT2D eigenvalue weighted by Gasteiger charge is -2.34. The Morgan fingerprint density at radius 2 is 1.95 bits per heavy atom. The molecule has 196 valence electrons. The van der Waals surface area contributed by atoms with E-state index in [1.165, 1.54) is 12.1 Å². The van der Waals surface area contributed by atoms with Gasteiger partial charge in [0.2, 0.25) is 11.8 Å². The van der Waals surface area contributed by atoms with Crippen molar-refractivity contribution in [1.82, 2.24) is 24.4 Å². The molecular formula is C25H22F3N7O3. The zero-order valence-electron chi connectivity index (χ0n) is 19.9. The van der Waals surface area contributed by atoms with Crippen LogP contribution in [0.5, 0.6) is 0 Å². The van der Waals surface area contributed by atoms with Crippen molar-refractivity contribution in [2.45, 2.75) is 43.8 Å². The molecular weight excluding hydrogens is 503 g/mol. The molecule has 3 aromatic heterocycles. The molecule has 2 atom stereocenters. The molecule has 0 saturated carbocycles. The quantitative estimate of drug-likeness (QED) is 0.410. The average Bonchev–Trinajstić information content (AvgIpc) is 3.63. The second-order valence-corrected chi connectivity index (χ2v) is 9.50. The van der Waals surface area contributed by atoms with Gasteiger partial charge >= 0.3 is 6.18 Å². The van der Waals surface area contributed by atoms with E-state index < -0.39 is 23.7 Å². The van der Waals surface area contributed by atoms with Crippen LogP contribution in [0.1, 0.15) is 53.5 Å². The number of nitrogens with one attached hydrogen (secondary N) is 1. The number of aromatic nitrogens is 4. The number of hydrogen-bond acceptors (Lipinski definition) is 7. The van der Waals surface area contributed by atoms with Gasteiger partial charge in [-0.15, -0.1) is 0 Å². The first-order valence-electron chi connectivity index (χ1n) is 12.1. The number of alkyl halides is 3. The molecule has 38 heavy (non-hydrogen) atoms. The molecule has 0 spiro atoms. The average molecular weight is 525 g/mol. The molecule has 10 nitrogen and oxygen atoms in total. The number of fused-ring (bicyclic) bond motifs is 2. The molecule has 0 unspecified atom stereocenters. The van der Waals surface area contributed by atoms with E-state index in [1.54, 1.807) is 18.3 Å². The van der Waals surface area contributed by atoms with Crippen LogP contribution in [0.2, 0.25) is 0 Å². The third-order valence-corrected chi connectivity index (χ3v) is 7.14. The molecule has 0 bridgehead atoms. The van der Waals surface area contributed by atoms with E-state index in [0.29, 0.717) is 47.7 Å². The summed E-state index contributed by atoms with van der Waals surface area (Å²) in [6, 6.07) is 7.29. The number of imidazole rings is 1. The molecule has 5 heterocycles. The predicted molar refractivity (Wildman–Crippen MR) is 129 cm³/mol. The van der Waals surface area contributed by atoms with Crippen LogP contribution in [-0.4, -0.2) is 48.8 Å². The van der Waals surface area contributed by atoms with Crippen LogP contribution in [0.3, 0.4) is 0 Å². The second-order valence-electron chi connectivity index (χ2n) is 9.50. The minimum absolute atomic E-state index is 0.0745. The van der Waals surface area contributed by atoms with Gasteiger partial charge in [0, 0.05) is 48.3 Å². The van der Waals surface area contributed by atoms with Crippen molar-refractivity contribution in [3.8, 4) is 11.3 Å². The number of carbonyl (C=O) groups is 2. The van der Waals surface area contributed by atoms with Crippen molar-refractivity contribution in [1.29, 1.82) is 0 Å². The highest BCUT2D eigenvalue weighted by molar-refractivity contribution is 6.03. The van der Waals surface area contributed by atoms with Gasteiger partial charge in [0.1, 0.15) is 17.2 Å². The summed E-state index contributed by atoms with van der Waals surface area (Å²) in [6.07, 6.45) is 2.20. The second kappa shape index (κ2) is 8.85. The maximum absolute atomic E-state index is 12.7. The molecule has 1 aromatic carbocycles. The number of amides is 2. The number of hydrogen-bond donors (Lipinski definition) is 2. The lowest BCUT2D eigenvalue weighted by Crippen LogP contribution is -2.41. The number of carbonyl (C=O) groups excluding carboxylic acids is 2. The van der Waals surface area contributed by atoms with Crippen LogP contribution >= 0.6 is 0 Å². The molecule has 2 aliphatic rings. The molecule has 0 radical (unpaired) electrons. The summed E-state index contributed by atoms with van der Waals surface area (Å²) < 4.78 is 44.6. The number of nitrogens with two attached hydrogens (primary N) is 1. The molecule has 4 aromatic rings. The fourth-order valence-electron chi connectivity index (χ4n) is 5.20. The summed E-state index contributed by atoms with van der Waals surface area (Å²) in [5.74, 6) is 0.299. The Bertz CT molecular complexity index is 1540. The van der Waals surface area contributed by atoms with Gasteiger partial charge < -0.3 is 15.2 Å². The smallest absolute Gasteiger partial charge is 0.382 e. The molecule has 0 aliphatic carbocycles. The lowest BCUT2D eigenvalue weighted by atomic mass is 9.92. The van der Waals surface area contributed by atoms with E-state index in [-0.39, 0.29) is 17.4 Å². The monoisotopic (exact) mass is 525 g/mol. The number of nitrogens with zero attached hydrogens (tertiary/aromatic N) is 5. The Kier molecular flexibility index (Phi) is 5.58. The highest BCUT2D eigenvalue weighted by Crippen LogP contribution is 2.36. The highest BCUT2D eigenvalue weighted by Gasteiger charge is 2.38. The van der Waals surface area contributed by atoms with Gasteiger partial charge in [0.25, 0.3) is 5.91 Å². The topological polar surface area (TPSA) is 132 Å². The molecule has 2 amide bonds. The minimum Gasteiger partial charge on any atom is -0.382 e. The molecule has 6 rings (SSSR count). The standard InChI is InChI=1S/C25H22F3N7O3/c26-25(27,28)19-9-20(38-33-19)32-24(37)14-3-1-13(2-4-14)17-12-35-18(22(29)31-17)10-30-23(35)15-5-6-16-7-8-21(36)34(16)11-15/h1-4,9-10,12,15-16H,5-8,11H2,(H2,29,31)(H,32,37)/t15-,16+/m1/s1. The first-order chi connectivity index (χ1) is 18.2. The number of piperidine rings is 1. The van der Waals surface area contributed by atoms with Crippen molar-refractivity contribution in [2.75, 3.05) is 17.6 Å². The van der Waals surface area contributed by atoms with E-state index in [9.17, 15) is 22.8 Å². The van der Waals surface area contributed by atoms with Crippen LogP contribution in [0, 0.1) is 0 Å². The van der Waals surface area contributed by atoms with Gasteiger partial charge in [0.05, 0.1) is 11.9 Å². The van der Waals surface area contributed by atoms with Gasteiger partial charge in [-0.05, 0) is 31.4 Å². The van der Waals surface area contributed by atoms with Gasteiger partial charge in [-0.2, -0.15) is 13.2 Å². The van der Waals surface area contributed by atoms with Crippen molar-refractivity contribution >= 4 is 29.0 Å². The van der Waals surface area contributed by atoms with Crippen LogP contribution in [0.25, 0.3) is 16.8 Å². The Balaban J connectivity index is 1.23. The summed E-state index contributed by atoms with van der Waals surface area (Å²) in [5.41, 5.74) is 7.10. The Labute approximate surface area is 213 Å². The number of nitrogen functional groups attached to an aromatic ring is 1. The fraction of sp³-hybridized carbons (Fsp3) is 0.320. The summed E-state index contributed by atoms with van der Waals surface area (Å²) in [5, 5.41) is 5.17. The van der Waals surface area contributed by atoms with Gasteiger partial charge in [-0.1, -0.05) is 17.3 Å². The summed E-state index contributed by atoms with van der Waals surface area (Å²) in [7, 11) is 0. The maximum Gasteiger partial charge on any atom is 0.436 e. The van der Waals surface area contributed by atoms with Crippen LogP contribution in [-0.2, 0) is 11.0 Å². The van der Waals surface area contributed by atoms with E-state index in [4.69, 9.17) is 5.73 Å². The fourth-order valence-corrected chi connectivity index (χ4v) is 5.20. The number of rotatable bonds is 4. The third-order valence-electron chi connectivity index (χ3n) is 7.14.